The first-order chi connectivity index (χ1) is 11.7. The first-order valence-corrected chi connectivity index (χ1v) is 8.47. The van der Waals surface area contributed by atoms with E-state index in [1.54, 1.807) is 0 Å². The van der Waals surface area contributed by atoms with Crippen LogP contribution in [-0.2, 0) is 6.42 Å². The van der Waals surface area contributed by atoms with E-state index < -0.39 is 0 Å². The van der Waals surface area contributed by atoms with Crippen molar-refractivity contribution in [2.75, 3.05) is 24.5 Å². The summed E-state index contributed by atoms with van der Waals surface area (Å²) in [6.45, 7) is 2.98. The lowest BCUT2D eigenvalue weighted by Crippen LogP contribution is -2.43. The van der Waals surface area contributed by atoms with Crippen molar-refractivity contribution in [3.63, 3.8) is 0 Å². The minimum Gasteiger partial charge on any atom is -0.371 e. The number of hydrogen-bond acceptors (Lipinski definition) is 3. The summed E-state index contributed by atoms with van der Waals surface area (Å²) < 4.78 is 12.9. The van der Waals surface area contributed by atoms with Gasteiger partial charge in [-0.3, -0.25) is 0 Å². The van der Waals surface area contributed by atoms with Crippen molar-refractivity contribution in [2.24, 2.45) is 0 Å². The van der Waals surface area contributed by atoms with E-state index in [4.69, 9.17) is 5.26 Å². The highest BCUT2D eigenvalue weighted by atomic mass is 19.1. The number of nitriles is 1. The number of halogens is 1. The van der Waals surface area contributed by atoms with Gasteiger partial charge < -0.3 is 10.2 Å². The predicted octanol–water partition coefficient (Wildman–Crippen LogP) is 3.50. The Morgan fingerprint density at radius 1 is 1.04 bits per heavy atom. The molecule has 1 aliphatic heterocycles. The number of anilines is 1. The summed E-state index contributed by atoms with van der Waals surface area (Å²) in [4.78, 5) is 2.37. The molecule has 4 heteroatoms. The Kier molecular flexibility index (Phi) is 5.45. The van der Waals surface area contributed by atoms with Gasteiger partial charge in [-0.15, -0.1) is 0 Å². The molecule has 1 fully saturated rings. The fraction of sp³-hybridized carbons (Fsp3) is 0.350. The summed E-state index contributed by atoms with van der Waals surface area (Å²) in [5.74, 6) is -0.179. The normalized spacial score (nSPS) is 15.2. The number of piperidine rings is 1. The zero-order valence-corrected chi connectivity index (χ0v) is 13.7. The molecule has 0 unspecified atom stereocenters. The van der Waals surface area contributed by atoms with Gasteiger partial charge in [-0.25, -0.2) is 4.39 Å². The molecule has 0 atom stereocenters. The molecule has 3 rings (SSSR count). The first-order valence-electron chi connectivity index (χ1n) is 8.47. The molecule has 2 aromatic rings. The molecule has 1 heterocycles. The van der Waals surface area contributed by atoms with E-state index in [1.165, 1.54) is 23.4 Å². The molecule has 2 aromatic carbocycles. The molecule has 0 saturated carbocycles. The summed E-state index contributed by atoms with van der Waals surface area (Å²) in [5, 5.41) is 12.5. The summed E-state index contributed by atoms with van der Waals surface area (Å²) in [6, 6.07) is 17.3. The van der Waals surface area contributed by atoms with Crippen LogP contribution in [0.5, 0.6) is 0 Å². The Morgan fingerprint density at radius 3 is 2.33 bits per heavy atom. The molecule has 0 radical (unpaired) electrons. The smallest absolute Gasteiger partial charge is 0.123 e. The highest BCUT2D eigenvalue weighted by molar-refractivity contribution is 5.50. The molecule has 0 aliphatic carbocycles. The van der Waals surface area contributed by atoms with Gasteiger partial charge in [0.25, 0.3) is 0 Å². The van der Waals surface area contributed by atoms with Crippen molar-refractivity contribution >= 4 is 5.69 Å². The van der Waals surface area contributed by atoms with E-state index in [1.807, 2.05) is 36.4 Å². The van der Waals surface area contributed by atoms with Gasteiger partial charge in [0, 0.05) is 24.8 Å². The van der Waals surface area contributed by atoms with E-state index in [9.17, 15) is 4.39 Å². The second kappa shape index (κ2) is 7.94. The number of benzene rings is 2. The Labute approximate surface area is 142 Å². The maximum Gasteiger partial charge on any atom is 0.123 e. The van der Waals surface area contributed by atoms with Crippen LogP contribution in [0.1, 0.15) is 24.0 Å². The van der Waals surface area contributed by atoms with Gasteiger partial charge in [0.1, 0.15) is 5.82 Å². The first kappa shape index (κ1) is 16.5. The zero-order chi connectivity index (χ0) is 16.8. The monoisotopic (exact) mass is 323 g/mol. The maximum atomic E-state index is 12.9. The number of rotatable bonds is 5. The van der Waals surface area contributed by atoms with Gasteiger partial charge in [-0.05, 0) is 67.8 Å². The zero-order valence-electron chi connectivity index (χ0n) is 13.7. The van der Waals surface area contributed by atoms with Gasteiger partial charge >= 0.3 is 0 Å². The second-order valence-corrected chi connectivity index (χ2v) is 6.25. The lowest BCUT2D eigenvalue weighted by atomic mass is 10.0. The highest BCUT2D eigenvalue weighted by Crippen LogP contribution is 2.20. The summed E-state index contributed by atoms with van der Waals surface area (Å²) in [6.07, 6.45) is 3.16. The SMILES string of the molecule is N#Cc1ccc(N2CCC(NCCc3ccc(F)cc3)CC2)cc1. The average molecular weight is 323 g/mol. The molecule has 0 spiro atoms. The van der Waals surface area contributed by atoms with Crippen LogP contribution in [0.2, 0.25) is 0 Å². The van der Waals surface area contributed by atoms with Crippen LogP contribution in [0.25, 0.3) is 0 Å². The molecule has 0 aromatic heterocycles. The minimum atomic E-state index is -0.179. The van der Waals surface area contributed by atoms with Crippen molar-refractivity contribution < 1.29 is 4.39 Å². The van der Waals surface area contributed by atoms with Crippen LogP contribution in [-0.4, -0.2) is 25.7 Å². The third-order valence-electron chi connectivity index (χ3n) is 4.62. The van der Waals surface area contributed by atoms with Crippen LogP contribution >= 0.6 is 0 Å². The van der Waals surface area contributed by atoms with Gasteiger partial charge in [0.05, 0.1) is 11.6 Å². The Bertz CT molecular complexity index is 680. The van der Waals surface area contributed by atoms with Crippen LogP contribution in [0.15, 0.2) is 48.5 Å². The molecular formula is C20H22FN3. The highest BCUT2D eigenvalue weighted by Gasteiger charge is 2.18. The molecule has 1 saturated heterocycles. The Morgan fingerprint density at radius 2 is 1.71 bits per heavy atom. The quantitative estimate of drug-likeness (QED) is 0.915. The largest absolute Gasteiger partial charge is 0.371 e. The fourth-order valence-corrected chi connectivity index (χ4v) is 3.16. The molecule has 24 heavy (non-hydrogen) atoms. The van der Waals surface area contributed by atoms with Crippen molar-refractivity contribution in [3.05, 3.63) is 65.5 Å². The predicted molar refractivity (Wildman–Crippen MR) is 94.5 cm³/mol. The van der Waals surface area contributed by atoms with E-state index in [0.717, 1.165) is 38.9 Å². The van der Waals surface area contributed by atoms with E-state index in [0.29, 0.717) is 11.6 Å². The average Bonchev–Trinajstić information content (AvgIpc) is 2.64. The van der Waals surface area contributed by atoms with Crippen LogP contribution in [0, 0.1) is 17.1 Å². The molecule has 0 bridgehead atoms. The molecule has 0 amide bonds. The van der Waals surface area contributed by atoms with Crippen molar-refractivity contribution in [3.8, 4) is 6.07 Å². The number of nitrogens with one attached hydrogen (secondary N) is 1. The second-order valence-electron chi connectivity index (χ2n) is 6.25. The van der Waals surface area contributed by atoms with Crippen LogP contribution in [0.3, 0.4) is 0 Å². The lowest BCUT2D eigenvalue weighted by molar-refractivity contribution is 0.417. The number of nitrogens with zero attached hydrogens (tertiary/aromatic N) is 2. The van der Waals surface area contributed by atoms with Crippen LogP contribution in [0.4, 0.5) is 10.1 Å². The fourth-order valence-electron chi connectivity index (χ4n) is 3.16. The van der Waals surface area contributed by atoms with Gasteiger partial charge in [0.2, 0.25) is 0 Å². The van der Waals surface area contributed by atoms with Gasteiger partial charge in [-0.2, -0.15) is 5.26 Å². The van der Waals surface area contributed by atoms with E-state index in [2.05, 4.69) is 16.3 Å². The van der Waals surface area contributed by atoms with E-state index >= 15 is 0 Å². The molecular weight excluding hydrogens is 301 g/mol. The van der Waals surface area contributed by atoms with Crippen molar-refractivity contribution in [1.82, 2.24) is 5.32 Å². The minimum absolute atomic E-state index is 0.179. The number of hydrogen-bond donors (Lipinski definition) is 1. The van der Waals surface area contributed by atoms with E-state index in [-0.39, 0.29) is 5.82 Å². The van der Waals surface area contributed by atoms with Crippen molar-refractivity contribution in [2.45, 2.75) is 25.3 Å². The van der Waals surface area contributed by atoms with Crippen LogP contribution < -0.4 is 10.2 Å². The topological polar surface area (TPSA) is 39.1 Å². The molecule has 3 nitrogen and oxygen atoms in total. The van der Waals surface area contributed by atoms with Gasteiger partial charge in [0.15, 0.2) is 0 Å². The van der Waals surface area contributed by atoms with Crippen molar-refractivity contribution in [1.29, 1.82) is 5.26 Å². The summed E-state index contributed by atoms with van der Waals surface area (Å²) in [7, 11) is 0. The maximum absolute atomic E-state index is 12.9. The third-order valence-corrected chi connectivity index (χ3v) is 4.62. The summed E-state index contributed by atoms with van der Waals surface area (Å²) >= 11 is 0. The molecule has 1 aliphatic rings. The molecule has 1 N–H and O–H groups in total. The lowest BCUT2D eigenvalue weighted by Gasteiger charge is -2.34. The Balaban J connectivity index is 1.41. The molecule has 124 valence electrons. The standard InChI is InChI=1S/C20H22FN3/c21-18-5-1-16(2-6-18)9-12-23-19-10-13-24(14-11-19)20-7-3-17(15-22)4-8-20/h1-8,19,23H,9-14H2. The Hall–Kier alpha value is -2.38. The summed E-state index contributed by atoms with van der Waals surface area (Å²) in [5.41, 5.74) is 3.06. The van der Waals surface area contributed by atoms with Gasteiger partial charge in [-0.1, -0.05) is 12.1 Å². The third kappa shape index (κ3) is 4.33.